The van der Waals surface area contributed by atoms with E-state index < -0.39 is 11.7 Å². The fourth-order valence-electron chi connectivity index (χ4n) is 2.62. The average Bonchev–Trinajstić information content (AvgIpc) is 2.64. The van der Waals surface area contributed by atoms with E-state index in [2.05, 4.69) is 41.5 Å². The van der Waals surface area contributed by atoms with E-state index in [1.807, 2.05) is 12.1 Å². The minimum absolute atomic E-state index is 0.118. The number of nitrogens with one attached hydrogen (secondary N) is 2. The smallest absolute Gasteiger partial charge is 0.251 e. The van der Waals surface area contributed by atoms with Gasteiger partial charge in [-0.15, -0.1) is 0 Å². The maximum Gasteiger partial charge on any atom is 0.251 e. The largest absolute Gasteiger partial charge is 0.370 e. The molecule has 2 N–H and O–H groups in total. The number of aryl methyl sites for hydroxylation is 1. The van der Waals surface area contributed by atoms with Crippen LogP contribution in [0.4, 0.5) is 10.1 Å². The maximum absolute atomic E-state index is 12.8. The van der Waals surface area contributed by atoms with Crippen LogP contribution in [0.1, 0.15) is 22.8 Å². The van der Waals surface area contributed by atoms with Gasteiger partial charge in [-0.1, -0.05) is 18.2 Å². The number of benzene rings is 2. The lowest BCUT2D eigenvalue weighted by Gasteiger charge is -2.25. The van der Waals surface area contributed by atoms with Gasteiger partial charge < -0.3 is 15.5 Å². The molecular formula is C20H24FN3O2. The molecule has 0 saturated carbocycles. The predicted octanol–water partition coefficient (Wildman–Crippen LogP) is 2.51. The lowest BCUT2D eigenvalue weighted by atomic mass is 10.2. The number of hydrogen-bond acceptors (Lipinski definition) is 3. The van der Waals surface area contributed by atoms with Crippen molar-refractivity contribution in [2.24, 2.45) is 0 Å². The molecule has 5 nitrogen and oxygen atoms in total. The van der Waals surface area contributed by atoms with Crippen molar-refractivity contribution in [3.8, 4) is 0 Å². The van der Waals surface area contributed by atoms with Crippen LogP contribution < -0.4 is 15.5 Å². The Morgan fingerprint density at radius 3 is 2.38 bits per heavy atom. The molecular weight excluding hydrogens is 333 g/mol. The molecule has 138 valence electrons. The van der Waals surface area contributed by atoms with Gasteiger partial charge in [-0.3, -0.25) is 9.59 Å². The molecule has 0 radical (unpaired) electrons. The molecule has 0 heterocycles. The third-order valence-corrected chi connectivity index (χ3v) is 4.06. The zero-order valence-electron chi connectivity index (χ0n) is 15.1. The SMILES string of the molecule is CCN(CCNC(=O)CNC(=O)c1ccc(F)cc1)c1ccccc1C. The number of carbonyl (C=O) groups excluding carboxylic acids is 2. The highest BCUT2D eigenvalue weighted by Gasteiger charge is 2.10. The molecule has 0 spiro atoms. The third kappa shape index (κ3) is 5.58. The van der Waals surface area contributed by atoms with Crippen LogP contribution >= 0.6 is 0 Å². The molecule has 0 aliphatic heterocycles. The summed E-state index contributed by atoms with van der Waals surface area (Å²) in [7, 11) is 0. The summed E-state index contributed by atoms with van der Waals surface area (Å²) in [6.45, 7) is 6.00. The number of amides is 2. The Hall–Kier alpha value is -2.89. The first kappa shape index (κ1) is 19.4. The van der Waals surface area contributed by atoms with Crippen LogP contribution in [0.25, 0.3) is 0 Å². The van der Waals surface area contributed by atoms with Crippen LogP contribution in [0.3, 0.4) is 0 Å². The van der Waals surface area contributed by atoms with Gasteiger partial charge in [0.1, 0.15) is 5.82 Å². The molecule has 2 rings (SSSR count). The summed E-state index contributed by atoms with van der Waals surface area (Å²) in [6, 6.07) is 13.3. The summed E-state index contributed by atoms with van der Waals surface area (Å²) in [6.07, 6.45) is 0. The van der Waals surface area contributed by atoms with Crippen molar-refractivity contribution in [1.29, 1.82) is 0 Å². The van der Waals surface area contributed by atoms with E-state index in [9.17, 15) is 14.0 Å². The van der Waals surface area contributed by atoms with E-state index in [0.717, 1.165) is 12.2 Å². The van der Waals surface area contributed by atoms with Crippen molar-refractivity contribution in [3.63, 3.8) is 0 Å². The third-order valence-electron chi connectivity index (χ3n) is 4.06. The second kappa shape index (κ2) is 9.56. The highest BCUT2D eigenvalue weighted by Crippen LogP contribution is 2.18. The highest BCUT2D eigenvalue weighted by atomic mass is 19.1. The molecule has 0 saturated heterocycles. The number of hydrogen-bond donors (Lipinski definition) is 2. The number of likely N-dealkylation sites (N-methyl/N-ethyl adjacent to an activating group) is 1. The monoisotopic (exact) mass is 357 g/mol. The molecule has 0 aliphatic rings. The van der Waals surface area contributed by atoms with Crippen molar-refractivity contribution in [3.05, 3.63) is 65.5 Å². The van der Waals surface area contributed by atoms with E-state index in [4.69, 9.17) is 0 Å². The normalized spacial score (nSPS) is 10.3. The Labute approximate surface area is 153 Å². The standard InChI is InChI=1S/C20H24FN3O2/c1-3-24(18-7-5-4-6-15(18)2)13-12-22-19(25)14-23-20(26)16-8-10-17(21)11-9-16/h4-11H,3,12-14H2,1-2H3,(H,22,25)(H,23,26). The van der Waals surface area contributed by atoms with Crippen LogP contribution in [0.15, 0.2) is 48.5 Å². The maximum atomic E-state index is 12.8. The predicted molar refractivity (Wildman–Crippen MR) is 101 cm³/mol. The Kier molecular flexibility index (Phi) is 7.14. The molecule has 2 aromatic carbocycles. The first-order chi connectivity index (χ1) is 12.5. The Morgan fingerprint density at radius 1 is 1.04 bits per heavy atom. The molecule has 0 bridgehead atoms. The van der Waals surface area contributed by atoms with Gasteiger partial charge in [0, 0.05) is 30.9 Å². The van der Waals surface area contributed by atoms with Crippen molar-refractivity contribution >= 4 is 17.5 Å². The van der Waals surface area contributed by atoms with E-state index in [-0.39, 0.29) is 12.5 Å². The van der Waals surface area contributed by atoms with E-state index in [1.54, 1.807) is 0 Å². The zero-order valence-corrected chi connectivity index (χ0v) is 15.1. The molecule has 2 amide bonds. The quantitative estimate of drug-likeness (QED) is 0.763. The number of para-hydroxylation sites is 1. The van der Waals surface area contributed by atoms with Crippen LogP contribution in [0.5, 0.6) is 0 Å². The Morgan fingerprint density at radius 2 is 1.73 bits per heavy atom. The molecule has 0 aromatic heterocycles. The van der Waals surface area contributed by atoms with Crippen LogP contribution in [-0.4, -0.2) is 38.0 Å². The fourth-order valence-corrected chi connectivity index (χ4v) is 2.62. The van der Waals surface area contributed by atoms with Crippen molar-refractivity contribution in [1.82, 2.24) is 10.6 Å². The van der Waals surface area contributed by atoms with Gasteiger partial charge in [0.15, 0.2) is 0 Å². The van der Waals surface area contributed by atoms with Gasteiger partial charge in [0.25, 0.3) is 5.91 Å². The lowest BCUT2D eigenvalue weighted by molar-refractivity contribution is -0.120. The summed E-state index contributed by atoms with van der Waals surface area (Å²) in [5, 5.41) is 5.32. The summed E-state index contributed by atoms with van der Waals surface area (Å²) in [5.41, 5.74) is 2.65. The molecule has 26 heavy (non-hydrogen) atoms. The van der Waals surface area contributed by atoms with Crippen molar-refractivity contribution < 1.29 is 14.0 Å². The molecule has 0 atom stereocenters. The molecule has 6 heteroatoms. The number of anilines is 1. The van der Waals surface area contributed by atoms with E-state index >= 15 is 0 Å². The van der Waals surface area contributed by atoms with Crippen LogP contribution in [0, 0.1) is 12.7 Å². The van der Waals surface area contributed by atoms with Gasteiger partial charge in [-0.25, -0.2) is 4.39 Å². The van der Waals surface area contributed by atoms with Crippen LogP contribution in [0.2, 0.25) is 0 Å². The zero-order chi connectivity index (χ0) is 18.9. The van der Waals surface area contributed by atoms with Gasteiger partial charge in [-0.05, 0) is 49.7 Å². The minimum atomic E-state index is -0.409. The number of carbonyl (C=O) groups is 2. The molecule has 0 unspecified atom stereocenters. The van der Waals surface area contributed by atoms with Crippen LogP contribution in [-0.2, 0) is 4.79 Å². The Bertz CT molecular complexity index is 747. The van der Waals surface area contributed by atoms with E-state index in [0.29, 0.717) is 18.7 Å². The summed E-state index contributed by atoms with van der Waals surface area (Å²) in [4.78, 5) is 26.0. The van der Waals surface area contributed by atoms with Gasteiger partial charge in [-0.2, -0.15) is 0 Å². The first-order valence-electron chi connectivity index (χ1n) is 8.62. The lowest BCUT2D eigenvalue weighted by Crippen LogP contribution is -2.40. The van der Waals surface area contributed by atoms with E-state index in [1.165, 1.54) is 29.8 Å². The summed E-state index contributed by atoms with van der Waals surface area (Å²) < 4.78 is 12.8. The molecule has 2 aromatic rings. The topological polar surface area (TPSA) is 61.4 Å². The highest BCUT2D eigenvalue weighted by molar-refractivity contribution is 5.96. The fraction of sp³-hybridized carbons (Fsp3) is 0.300. The number of halogens is 1. The Balaban J connectivity index is 1.75. The second-order valence-corrected chi connectivity index (χ2v) is 5.91. The summed E-state index contributed by atoms with van der Waals surface area (Å²) >= 11 is 0. The van der Waals surface area contributed by atoms with Gasteiger partial charge >= 0.3 is 0 Å². The van der Waals surface area contributed by atoms with Crippen molar-refractivity contribution in [2.45, 2.75) is 13.8 Å². The van der Waals surface area contributed by atoms with Gasteiger partial charge in [0.2, 0.25) is 5.91 Å². The summed E-state index contributed by atoms with van der Waals surface area (Å²) in [5.74, 6) is -1.08. The minimum Gasteiger partial charge on any atom is -0.370 e. The van der Waals surface area contributed by atoms with Crippen molar-refractivity contribution in [2.75, 3.05) is 31.1 Å². The molecule has 0 fully saturated rings. The molecule has 0 aliphatic carbocycles. The number of rotatable bonds is 8. The average molecular weight is 357 g/mol. The first-order valence-corrected chi connectivity index (χ1v) is 8.62. The number of nitrogens with zero attached hydrogens (tertiary/aromatic N) is 1. The van der Waals surface area contributed by atoms with Gasteiger partial charge in [0.05, 0.1) is 6.54 Å². The second-order valence-electron chi connectivity index (χ2n) is 5.91.